The molecule has 1 aromatic heterocycles. The van der Waals surface area contributed by atoms with Crippen LogP contribution in [0.15, 0.2) is 46.0 Å². The molecule has 0 radical (unpaired) electrons. The zero-order valence-electron chi connectivity index (χ0n) is 15.8. The number of carbonyl (C=O) groups is 1. The Labute approximate surface area is 172 Å². The molecule has 6 nitrogen and oxygen atoms in total. The van der Waals surface area contributed by atoms with Gasteiger partial charge in [-0.3, -0.25) is 4.79 Å². The maximum atomic E-state index is 12.3. The van der Waals surface area contributed by atoms with Gasteiger partial charge in [-0.25, -0.2) is 0 Å². The van der Waals surface area contributed by atoms with Crippen LogP contribution in [0.25, 0.3) is 0 Å². The maximum Gasteiger partial charge on any atom is 0.277 e. The normalized spacial score (nSPS) is 10.7. The molecule has 0 unspecified atom stereocenters. The highest BCUT2D eigenvalue weighted by molar-refractivity contribution is 7.99. The molecule has 0 saturated carbocycles. The maximum absolute atomic E-state index is 12.3. The lowest BCUT2D eigenvalue weighted by atomic mass is 10.1. The second-order valence-electron chi connectivity index (χ2n) is 6.31. The zero-order chi connectivity index (χ0) is 20.1. The second-order valence-corrected chi connectivity index (χ2v) is 7.68. The molecule has 0 spiro atoms. The van der Waals surface area contributed by atoms with Crippen LogP contribution in [0.5, 0.6) is 5.75 Å². The first kappa shape index (κ1) is 20.2. The van der Waals surface area contributed by atoms with Crippen molar-refractivity contribution in [2.75, 3.05) is 11.1 Å². The fourth-order valence-electron chi connectivity index (χ4n) is 2.71. The molecule has 0 atom stereocenters. The van der Waals surface area contributed by atoms with Gasteiger partial charge in [0.15, 0.2) is 6.61 Å². The summed E-state index contributed by atoms with van der Waals surface area (Å²) in [6.07, 6.45) is 0. The van der Waals surface area contributed by atoms with Crippen LogP contribution in [0.1, 0.15) is 22.6 Å². The van der Waals surface area contributed by atoms with Gasteiger partial charge in [-0.2, -0.15) is 0 Å². The number of thioether (sulfide) groups is 1. The Kier molecular flexibility index (Phi) is 6.59. The molecule has 0 saturated heterocycles. The van der Waals surface area contributed by atoms with Crippen LogP contribution in [-0.2, 0) is 11.4 Å². The molecule has 0 aliphatic rings. The van der Waals surface area contributed by atoms with E-state index in [1.165, 1.54) is 17.3 Å². The third-order valence-corrected chi connectivity index (χ3v) is 4.96. The monoisotopic (exact) mass is 417 g/mol. The van der Waals surface area contributed by atoms with E-state index < -0.39 is 0 Å². The molecular formula is C20H20ClN3O3S. The van der Waals surface area contributed by atoms with Crippen molar-refractivity contribution in [3.63, 3.8) is 0 Å². The molecule has 1 heterocycles. The molecule has 1 N–H and O–H groups in total. The second kappa shape index (κ2) is 9.12. The van der Waals surface area contributed by atoms with E-state index >= 15 is 0 Å². The molecule has 2 aromatic carbocycles. The molecule has 1 amide bonds. The number of amides is 1. The summed E-state index contributed by atoms with van der Waals surface area (Å²) in [6.45, 7) is 6.13. The van der Waals surface area contributed by atoms with Crippen LogP contribution < -0.4 is 10.1 Å². The van der Waals surface area contributed by atoms with E-state index in [9.17, 15) is 4.79 Å². The van der Waals surface area contributed by atoms with E-state index in [2.05, 4.69) is 15.5 Å². The molecule has 0 fully saturated rings. The smallest absolute Gasteiger partial charge is 0.277 e. The minimum atomic E-state index is -0.128. The number of hydrogen-bond donors (Lipinski definition) is 1. The highest BCUT2D eigenvalue weighted by Crippen LogP contribution is 2.23. The van der Waals surface area contributed by atoms with Gasteiger partial charge in [-0.1, -0.05) is 41.1 Å². The van der Waals surface area contributed by atoms with Crippen molar-refractivity contribution in [3.05, 3.63) is 64.0 Å². The fourth-order valence-corrected chi connectivity index (χ4v) is 3.42. The number of aryl methyl sites for hydroxylation is 3. The van der Waals surface area contributed by atoms with Crippen LogP contribution in [0.3, 0.4) is 0 Å². The molecule has 0 aliphatic heterocycles. The van der Waals surface area contributed by atoms with E-state index in [0.717, 1.165) is 16.8 Å². The van der Waals surface area contributed by atoms with E-state index in [1.807, 2.05) is 32.9 Å². The highest BCUT2D eigenvalue weighted by atomic mass is 35.5. The quantitative estimate of drug-likeness (QED) is 0.547. The first-order valence-corrected chi connectivity index (χ1v) is 9.98. The number of aromatic nitrogens is 2. The van der Waals surface area contributed by atoms with E-state index in [-0.39, 0.29) is 18.3 Å². The Hall–Kier alpha value is -2.51. The van der Waals surface area contributed by atoms with E-state index in [1.54, 1.807) is 24.3 Å². The summed E-state index contributed by atoms with van der Waals surface area (Å²) in [5.74, 6) is 1.03. The summed E-state index contributed by atoms with van der Waals surface area (Å²) in [5.41, 5.74) is 4.09. The molecule has 0 aliphatic carbocycles. The number of hydrogen-bond acceptors (Lipinski definition) is 6. The van der Waals surface area contributed by atoms with Crippen LogP contribution in [0.2, 0.25) is 5.02 Å². The van der Waals surface area contributed by atoms with Gasteiger partial charge < -0.3 is 14.5 Å². The topological polar surface area (TPSA) is 77.2 Å². The highest BCUT2D eigenvalue weighted by Gasteiger charge is 2.12. The number of carbonyl (C=O) groups excluding carboxylic acids is 1. The van der Waals surface area contributed by atoms with Gasteiger partial charge in [0.2, 0.25) is 5.91 Å². The predicted molar refractivity (Wildman–Crippen MR) is 110 cm³/mol. The lowest BCUT2D eigenvalue weighted by Gasteiger charge is -2.12. The van der Waals surface area contributed by atoms with Gasteiger partial charge in [0.05, 0.1) is 5.75 Å². The van der Waals surface area contributed by atoms with Crippen molar-refractivity contribution < 1.29 is 13.9 Å². The minimum Gasteiger partial charge on any atom is -0.484 e. The molecular weight excluding hydrogens is 398 g/mol. The summed E-state index contributed by atoms with van der Waals surface area (Å²) in [4.78, 5) is 12.3. The number of nitrogens with one attached hydrogen (secondary N) is 1. The predicted octanol–water partition coefficient (Wildman–Crippen LogP) is 4.96. The average molecular weight is 418 g/mol. The first-order chi connectivity index (χ1) is 13.4. The Morgan fingerprint density at radius 2 is 1.82 bits per heavy atom. The lowest BCUT2D eigenvalue weighted by Crippen LogP contribution is -2.15. The fraction of sp³-hybridized carbons (Fsp3) is 0.250. The Morgan fingerprint density at radius 3 is 2.50 bits per heavy atom. The number of nitrogens with zero attached hydrogens (tertiary/aromatic N) is 2. The Balaban J connectivity index is 1.50. The van der Waals surface area contributed by atoms with Gasteiger partial charge in [0.25, 0.3) is 11.1 Å². The SMILES string of the molecule is Cc1cc(C)c(NC(=O)CSc2nnc(COc3ccc(Cl)cc3)o2)c(C)c1. The summed E-state index contributed by atoms with van der Waals surface area (Å²) in [5, 5.41) is 11.8. The van der Waals surface area contributed by atoms with Crippen LogP contribution in [0, 0.1) is 20.8 Å². The average Bonchev–Trinajstić information content (AvgIpc) is 3.10. The third-order valence-electron chi connectivity index (χ3n) is 3.89. The Morgan fingerprint density at radius 1 is 1.14 bits per heavy atom. The van der Waals surface area contributed by atoms with Crippen LogP contribution in [-0.4, -0.2) is 21.9 Å². The first-order valence-electron chi connectivity index (χ1n) is 8.62. The van der Waals surface area contributed by atoms with Crippen molar-refractivity contribution >= 4 is 35.0 Å². The van der Waals surface area contributed by atoms with Gasteiger partial charge in [0, 0.05) is 10.7 Å². The van der Waals surface area contributed by atoms with Gasteiger partial charge >= 0.3 is 0 Å². The van der Waals surface area contributed by atoms with Crippen molar-refractivity contribution in [1.82, 2.24) is 10.2 Å². The largest absolute Gasteiger partial charge is 0.484 e. The van der Waals surface area contributed by atoms with Crippen LogP contribution in [0.4, 0.5) is 5.69 Å². The lowest BCUT2D eigenvalue weighted by molar-refractivity contribution is -0.113. The van der Waals surface area contributed by atoms with Gasteiger partial charge in [0.1, 0.15) is 5.75 Å². The number of halogens is 1. The van der Waals surface area contributed by atoms with Gasteiger partial charge in [-0.05, 0) is 56.2 Å². The van der Waals surface area contributed by atoms with E-state index in [4.69, 9.17) is 20.8 Å². The number of anilines is 1. The zero-order valence-corrected chi connectivity index (χ0v) is 17.4. The molecule has 3 rings (SSSR count). The molecule has 8 heteroatoms. The Bertz CT molecular complexity index is 950. The van der Waals surface area contributed by atoms with Crippen molar-refractivity contribution in [2.24, 2.45) is 0 Å². The number of ether oxygens (including phenoxy) is 1. The molecule has 28 heavy (non-hydrogen) atoms. The number of benzene rings is 2. The summed E-state index contributed by atoms with van der Waals surface area (Å²) in [6, 6.07) is 11.1. The minimum absolute atomic E-state index is 0.128. The van der Waals surface area contributed by atoms with Crippen molar-refractivity contribution in [3.8, 4) is 5.75 Å². The van der Waals surface area contributed by atoms with Gasteiger partial charge in [-0.15, -0.1) is 10.2 Å². The standard InChI is InChI=1S/C20H20ClN3O3S/c1-12-8-13(2)19(14(3)9-12)22-17(25)11-28-20-24-23-18(27-20)10-26-16-6-4-15(21)5-7-16/h4-9H,10-11H2,1-3H3,(H,22,25). The molecule has 0 bridgehead atoms. The van der Waals surface area contributed by atoms with E-state index in [0.29, 0.717) is 21.9 Å². The van der Waals surface area contributed by atoms with Crippen LogP contribution >= 0.6 is 23.4 Å². The molecule has 3 aromatic rings. The summed E-state index contributed by atoms with van der Waals surface area (Å²) in [7, 11) is 0. The summed E-state index contributed by atoms with van der Waals surface area (Å²) < 4.78 is 11.1. The molecule has 146 valence electrons. The number of rotatable bonds is 7. The van der Waals surface area contributed by atoms with Crippen molar-refractivity contribution in [2.45, 2.75) is 32.6 Å². The third kappa shape index (κ3) is 5.50. The summed E-state index contributed by atoms with van der Waals surface area (Å²) >= 11 is 7.02. The van der Waals surface area contributed by atoms with Crippen molar-refractivity contribution in [1.29, 1.82) is 0 Å².